The van der Waals surface area contributed by atoms with Crippen molar-refractivity contribution in [3.63, 3.8) is 0 Å². The minimum absolute atomic E-state index is 0.0262. The second-order valence-electron chi connectivity index (χ2n) is 7.23. The molecular weight excluding hydrogens is 455 g/mol. The highest BCUT2D eigenvalue weighted by atomic mass is 19.4. The summed E-state index contributed by atoms with van der Waals surface area (Å²) >= 11 is 0. The minimum Gasteiger partial charge on any atom is -0.496 e. The lowest BCUT2D eigenvalue weighted by Gasteiger charge is -2.18. The number of nitro benzene ring substituents is 1. The summed E-state index contributed by atoms with van der Waals surface area (Å²) in [7, 11) is 1.27. The Morgan fingerprint density at radius 2 is 1.59 bits per heavy atom. The number of nitrogens with zero attached hydrogens (tertiary/aromatic N) is 1. The van der Waals surface area contributed by atoms with Crippen LogP contribution in [0, 0.1) is 10.1 Å². The first-order chi connectivity index (χ1) is 16.1. The molecule has 3 aromatic rings. The largest absolute Gasteiger partial charge is 0.496 e. The van der Waals surface area contributed by atoms with Crippen molar-refractivity contribution < 1.29 is 37.1 Å². The van der Waals surface area contributed by atoms with E-state index in [9.17, 15) is 28.1 Å². The topological polar surface area (TPSA) is 87.9 Å². The number of ether oxygens (including phenoxy) is 3. The van der Waals surface area contributed by atoms with Gasteiger partial charge in [-0.25, -0.2) is 0 Å². The Morgan fingerprint density at radius 3 is 2.18 bits per heavy atom. The molecule has 0 amide bonds. The molecule has 0 aliphatic rings. The lowest BCUT2D eigenvalue weighted by molar-refractivity contribution is -0.384. The van der Waals surface area contributed by atoms with E-state index in [1.165, 1.54) is 50.4 Å². The summed E-state index contributed by atoms with van der Waals surface area (Å²) in [6, 6.07) is 14.7. The molecule has 7 nitrogen and oxygen atoms in total. The number of alkyl halides is 3. The number of nitro groups is 1. The van der Waals surface area contributed by atoms with Crippen LogP contribution in [0.4, 0.5) is 18.9 Å². The molecule has 10 heteroatoms. The van der Waals surface area contributed by atoms with E-state index >= 15 is 0 Å². The molecule has 0 aromatic heterocycles. The zero-order valence-corrected chi connectivity index (χ0v) is 18.2. The van der Waals surface area contributed by atoms with Gasteiger partial charge in [0.05, 0.1) is 23.7 Å². The number of carbonyl (C=O) groups is 1. The van der Waals surface area contributed by atoms with Gasteiger partial charge in [-0.05, 0) is 43.7 Å². The highest BCUT2D eigenvalue weighted by Crippen LogP contribution is 2.39. The van der Waals surface area contributed by atoms with E-state index in [-0.39, 0.29) is 45.6 Å². The van der Waals surface area contributed by atoms with Crippen molar-refractivity contribution in [2.75, 3.05) is 7.11 Å². The van der Waals surface area contributed by atoms with Crippen molar-refractivity contribution in [1.82, 2.24) is 0 Å². The SMILES string of the molecule is COc1c(C(C)=O)ccc(Oc2cccc(Oc3cccc([N+](=O)[O-])c3)c2)c1CCC(F)(F)F. The van der Waals surface area contributed by atoms with Gasteiger partial charge in [-0.15, -0.1) is 0 Å². The molecule has 0 bridgehead atoms. The Kier molecular flexibility index (Phi) is 7.40. The lowest BCUT2D eigenvalue weighted by Crippen LogP contribution is -2.11. The molecule has 3 rings (SSSR count). The van der Waals surface area contributed by atoms with Gasteiger partial charge in [0.25, 0.3) is 5.69 Å². The van der Waals surface area contributed by atoms with Crippen LogP contribution in [0.1, 0.15) is 29.3 Å². The van der Waals surface area contributed by atoms with Crippen molar-refractivity contribution in [3.05, 3.63) is 81.9 Å². The number of non-ortho nitro benzene ring substituents is 1. The van der Waals surface area contributed by atoms with Crippen LogP contribution in [0.15, 0.2) is 60.7 Å². The normalized spacial score (nSPS) is 11.1. The average molecular weight is 475 g/mol. The van der Waals surface area contributed by atoms with Gasteiger partial charge < -0.3 is 14.2 Å². The highest BCUT2D eigenvalue weighted by molar-refractivity contribution is 5.97. The van der Waals surface area contributed by atoms with Crippen LogP contribution >= 0.6 is 0 Å². The first-order valence-corrected chi connectivity index (χ1v) is 10.0. The van der Waals surface area contributed by atoms with Gasteiger partial charge in [-0.2, -0.15) is 13.2 Å². The smallest absolute Gasteiger partial charge is 0.389 e. The van der Waals surface area contributed by atoms with E-state index in [0.717, 1.165) is 0 Å². The fourth-order valence-electron chi connectivity index (χ4n) is 3.24. The molecule has 0 N–H and O–H groups in total. The number of benzene rings is 3. The Morgan fingerprint density at radius 1 is 0.971 bits per heavy atom. The number of rotatable bonds is 9. The first kappa shape index (κ1) is 24.6. The molecule has 0 fully saturated rings. The number of ketones is 1. The van der Waals surface area contributed by atoms with Gasteiger partial charge in [0.1, 0.15) is 28.7 Å². The van der Waals surface area contributed by atoms with Gasteiger partial charge in [-0.3, -0.25) is 14.9 Å². The number of methoxy groups -OCH3 is 1. The fraction of sp³-hybridized carbons (Fsp3) is 0.208. The van der Waals surface area contributed by atoms with Crippen LogP contribution in [0.2, 0.25) is 0 Å². The summed E-state index contributed by atoms with van der Waals surface area (Å²) in [6.07, 6.45) is -6.00. The summed E-state index contributed by atoms with van der Waals surface area (Å²) in [5, 5.41) is 11.0. The van der Waals surface area contributed by atoms with Crippen LogP contribution in [-0.2, 0) is 6.42 Å². The monoisotopic (exact) mass is 475 g/mol. The van der Waals surface area contributed by atoms with Crippen molar-refractivity contribution in [2.24, 2.45) is 0 Å². The molecule has 0 heterocycles. The summed E-state index contributed by atoms with van der Waals surface area (Å²) in [6.45, 7) is 1.29. The molecule has 0 spiro atoms. The van der Waals surface area contributed by atoms with Crippen LogP contribution in [0.5, 0.6) is 28.7 Å². The number of carbonyl (C=O) groups excluding carboxylic acids is 1. The van der Waals surface area contributed by atoms with Crippen molar-refractivity contribution in [2.45, 2.75) is 25.9 Å². The van der Waals surface area contributed by atoms with Gasteiger partial charge in [-0.1, -0.05) is 12.1 Å². The quantitative estimate of drug-likeness (QED) is 0.190. The predicted octanol–water partition coefficient (Wildman–Crippen LogP) is 6.89. The molecule has 0 radical (unpaired) electrons. The molecule has 0 aliphatic carbocycles. The van der Waals surface area contributed by atoms with E-state index < -0.39 is 23.9 Å². The lowest BCUT2D eigenvalue weighted by atomic mass is 10.0. The fourth-order valence-corrected chi connectivity index (χ4v) is 3.24. The number of hydrogen-bond acceptors (Lipinski definition) is 6. The molecule has 0 atom stereocenters. The van der Waals surface area contributed by atoms with Crippen LogP contribution in [0.3, 0.4) is 0 Å². The first-order valence-electron chi connectivity index (χ1n) is 10.0. The minimum atomic E-state index is -4.42. The van der Waals surface area contributed by atoms with E-state index in [4.69, 9.17) is 14.2 Å². The number of halogens is 3. The standard InChI is InChI=1S/C24H20F3NO6/c1-15(29)20-9-10-22(21(23(20)32-2)11-12-24(25,26)27)34-19-8-4-7-18(14-19)33-17-6-3-5-16(13-17)28(30)31/h3-10,13-14H,11-12H2,1-2H3. The zero-order chi connectivity index (χ0) is 24.9. The molecular formula is C24H20F3NO6. The van der Waals surface area contributed by atoms with E-state index in [1.54, 1.807) is 24.3 Å². The van der Waals surface area contributed by atoms with E-state index in [1.807, 2.05) is 0 Å². The molecule has 178 valence electrons. The Bertz CT molecular complexity index is 1210. The Hall–Kier alpha value is -4.08. The van der Waals surface area contributed by atoms with E-state index in [2.05, 4.69) is 0 Å². The van der Waals surface area contributed by atoms with Crippen LogP contribution < -0.4 is 14.2 Å². The molecule has 0 saturated heterocycles. The summed E-state index contributed by atoms with van der Waals surface area (Å²) < 4.78 is 55.6. The van der Waals surface area contributed by atoms with Gasteiger partial charge >= 0.3 is 6.18 Å². The van der Waals surface area contributed by atoms with Crippen molar-refractivity contribution >= 4 is 11.5 Å². The molecule has 0 saturated carbocycles. The zero-order valence-electron chi connectivity index (χ0n) is 18.2. The summed E-state index contributed by atoms with van der Waals surface area (Å²) in [5.74, 6) is 0.529. The maximum absolute atomic E-state index is 12.9. The highest BCUT2D eigenvalue weighted by Gasteiger charge is 2.29. The van der Waals surface area contributed by atoms with Crippen molar-refractivity contribution in [3.8, 4) is 28.7 Å². The van der Waals surface area contributed by atoms with Crippen LogP contribution in [-0.4, -0.2) is 24.0 Å². The average Bonchev–Trinajstić information content (AvgIpc) is 2.77. The second-order valence-corrected chi connectivity index (χ2v) is 7.23. The van der Waals surface area contributed by atoms with Gasteiger partial charge in [0.15, 0.2) is 5.78 Å². The maximum Gasteiger partial charge on any atom is 0.389 e. The summed E-state index contributed by atoms with van der Waals surface area (Å²) in [4.78, 5) is 22.3. The van der Waals surface area contributed by atoms with Crippen LogP contribution in [0.25, 0.3) is 0 Å². The number of Topliss-reactive ketones (excluding diaryl/α,β-unsaturated/α-hetero) is 1. The third-order valence-electron chi connectivity index (χ3n) is 4.76. The molecule has 0 aliphatic heterocycles. The molecule has 0 unspecified atom stereocenters. The maximum atomic E-state index is 12.9. The van der Waals surface area contributed by atoms with E-state index in [0.29, 0.717) is 5.75 Å². The molecule has 34 heavy (non-hydrogen) atoms. The number of hydrogen-bond donors (Lipinski definition) is 0. The Balaban J connectivity index is 1.92. The third-order valence-corrected chi connectivity index (χ3v) is 4.76. The third kappa shape index (κ3) is 6.25. The predicted molar refractivity (Wildman–Crippen MR) is 117 cm³/mol. The van der Waals surface area contributed by atoms with Gasteiger partial charge in [0.2, 0.25) is 0 Å². The Labute approximate surface area is 192 Å². The summed E-state index contributed by atoms with van der Waals surface area (Å²) in [5.41, 5.74) is 0.115. The van der Waals surface area contributed by atoms with Gasteiger partial charge in [0, 0.05) is 24.1 Å². The van der Waals surface area contributed by atoms with Crippen molar-refractivity contribution in [1.29, 1.82) is 0 Å². The second kappa shape index (κ2) is 10.2. The molecule has 3 aromatic carbocycles.